The number of benzene rings is 1. The Hall–Kier alpha value is -1.99. The lowest BCUT2D eigenvalue weighted by Gasteiger charge is -2.23. The molecule has 1 N–H and O–H groups in total. The van der Waals surface area contributed by atoms with Gasteiger partial charge in [-0.05, 0) is 35.7 Å². The maximum Gasteiger partial charge on any atom is 0.269 e. The van der Waals surface area contributed by atoms with Crippen molar-refractivity contribution >= 4 is 34.9 Å². The molecule has 3 rings (SSSR count). The molecule has 1 atom stereocenters. The van der Waals surface area contributed by atoms with Crippen molar-refractivity contribution in [3.63, 3.8) is 0 Å². The molecule has 2 amide bonds. The molecule has 2 heterocycles. The number of thiophene rings is 1. The fourth-order valence-corrected chi connectivity index (χ4v) is 4.17. The molecule has 2 aromatic rings. The van der Waals surface area contributed by atoms with E-state index < -0.39 is 0 Å². The third kappa shape index (κ3) is 2.95. The lowest BCUT2D eigenvalue weighted by molar-refractivity contribution is -0.130. The van der Waals surface area contributed by atoms with Gasteiger partial charge in [0.1, 0.15) is 11.1 Å². The minimum absolute atomic E-state index is 0.0924. The zero-order chi connectivity index (χ0) is 15.5. The monoisotopic (exact) mass is 334 g/mol. The number of carbonyl (C=O) groups excluding carboxylic acids is 2. The first kappa shape index (κ1) is 14.9. The van der Waals surface area contributed by atoms with Crippen molar-refractivity contribution in [2.45, 2.75) is 5.37 Å². The summed E-state index contributed by atoms with van der Waals surface area (Å²) in [4.78, 5) is 25.4. The summed E-state index contributed by atoms with van der Waals surface area (Å²) in [5.41, 5.74) is 3.19. The molecule has 1 unspecified atom stereocenters. The molecule has 1 fully saturated rings. The fraction of sp³-hybridized carbons (Fsp3) is 0.200. The summed E-state index contributed by atoms with van der Waals surface area (Å²) in [6, 6.07) is 10.7. The smallest absolute Gasteiger partial charge is 0.269 e. The van der Waals surface area contributed by atoms with Gasteiger partial charge in [0.05, 0.1) is 12.9 Å². The lowest BCUT2D eigenvalue weighted by Crippen LogP contribution is -2.44. The van der Waals surface area contributed by atoms with Crippen LogP contribution in [0.25, 0.3) is 0 Å². The summed E-state index contributed by atoms with van der Waals surface area (Å²) in [7, 11) is 1.57. The predicted octanol–water partition coefficient (Wildman–Crippen LogP) is 2.68. The topological polar surface area (TPSA) is 58.6 Å². The number of methoxy groups -OCH3 is 1. The van der Waals surface area contributed by atoms with E-state index in [1.165, 1.54) is 16.8 Å². The Labute approximate surface area is 136 Å². The van der Waals surface area contributed by atoms with Gasteiger partial charge in [0, 0.05) is 10.4 Å². The molecule has 1 aromatic heterocycles. The Bertz CT molecular complexity index is 671. The average molecular weight is 334 g/mol. The number of nitrogens with zero attached hydrogens (tertiary/aromatic N) is 1. The molecule has 0 radical (unpaired) electrons. The van der Waals surface area contributed by atoms with Gasteiger partial charge >= 0.3 is 0 Å². The maximum absolute atomic E-state index is 12.3. The van der Waals surface area contributed by atoms with E-state index in [9.17, 15) is 9.59 Å². The zero-order valence-electron chi connectivity index (χ0n) is 11.8. The van der Waals surface area contributed by atoms with Crippen molar-refractivity contribution in [1.29, 1.82) is 0 Å². The summed E-state index contributed by atoms with van der Waals surface area (Å²) in [6.07, 6.45) is 0. The van der Waals surface area contributed by atoms with Crippen LogP contribution in [0.5, 0.6) is 5.75 Å². The van der Waals surface area contributed by atoms with Gasteiger partial charge in [-0.1, -0.05) is 6.07 Å². The second-order valence-corrected chi connectivity index (χ2v) is 6.66. The first-order valence-corrected chi connectivity index (χ1v) is 8.54. The van der Waals surface area contributed by atoms with Crippen LogP contribution in [0.4, 0.5) is 0 Å². The van der Waals surface area contributed by atoms with Crippen LogP contribution in [-0.2, 0) is 4.79 Å². The Kier molecular flexibility index (Phi) is 4.35. The molecule has 1 saturated heterocycles. The molecular formula is C15H14N2O3S2. The Morgan fingerprint density at radius 3 is 2.73 bits per heavy atom. The van der Waals surface area contributed by atoms with E-state index in [0.29, 0.717) is 17.1 Å². The van der Waals surface area contributed by atoms with E-state index >= 15 is 0 Å². The molecular weight excluding hydrogens is 320 g/mol. The van der Waals surface area contributed by atoms with Crippen molar-refractivity contribution in [1.82, 2.24) is 10.4 Å². The van der Waals surface area contributed by atoms with E-state index in [-0.39, 0.29) is 17.2 Å². The Morgan fingerprint density at radius 1 is 1.32 bits per heavy atom. The summed E-state index contributed by atoms with van der Waals surface area (Å²) in [6.45, 7) is 0. The van der Waals surface area contributed by atoms with Crippen LogP contribution in [-0.4, -0.2) is 29.7 Å². The third-order valence-corrected chi connectivity index (χ3v) is 5.50. The summed E-state index contributed by atoms with van der Waals surface area (Å²) in [5.74, 6) is 0.650. The van der Waals surface area contributed by atoms with E-state index in [1.54, 1.807) is 42.7 Å². The van der Waals surface area contributed by atoms with Gasteiger partial charge in [-0.15, -0.1) is 23.1 Å². The molecule has 1 aliphatic heterocycles. The quantitative estimate of drug-likeness (QED) is 0.934. The van der Waals surface area contributed by atoms with Crippen LogP contribution in [0.15, 0.2) is 41.8 Å². The minimum atomic E-state index is -0.306. The van der Waals surface area contributed by atoms with Crippen LogP contribution in [0.3, 0.4) is 0 Å². The molecule has 0 aliphatic carbocycles. The number of hydrogen-bond acceptors (Lipinski definition) is 5. The van der Waals surface area contributed by atoms with Gasteiger partial charge in [0.2, 0.25) is 0 Å². The van der Waals surface area contributed by atoms with E-state index in [0.717, 1.165) is 4.88 Å². The number of nitrogens with one attached hydrogen (secondary N) is 1. The van der Waals surface area contributed by atoms with Crippen LogP contribution >= 0.6 is 23.1 Å². The van der Waals surface area contributed by atoms with E-state index in [4.69, 9.17) is 4.74 Å². The molecule has 22 heavy (non-hydrogen) atoms. The number of hydrogen-bond donors (Lipinski definition) is 1. The van der Waals surface area contributed by atoms with Gasteiger partial charge in [-0.3, -0.25) is 15.0 Å². The van der Waals surface area contributed by atoms with Crippen LogP contribution in [0.2, 0.25) is 0 Å². The highest BCUT2D eigenvalue weighted by molar-refractivity contribution is 8.00. The zero-order valence-corrected chi connectivity index (χ0v) is 13.4. The number of rotatable bonds is 4. The minimum Gasteiger partial charge on any atom is -0.497 e. The second-order valence-electron chi connectivity index (χ2n) is 4.61. The molecule has 1 aliphatic rings. The van der Waals surface area contributed by atoms with Crippen LogP contribution < -0.4 is 10.2 Å². The highest BCUT2D eigenvalue weighted by Crippen LogP contribution is 2.39. The highest BCUT2D eigenvalue weighted by atomic mass is 32.2. The normalized spacial score (nSPS) is 17.6. The maximum atomic E-state index is 12.3. The molecule has 114 valence electrons. The van der Waals surface area contributed by atoms with Crippen molar-refractivity contribution in [3.05, 3.63) is 52.2 Å². The lowest BCUT2D eigenvalue weighted by atomic mass is 10.2. The second kappa shape index (κ2) is 6.41. The number of carbonyl (C=O) groups is 2. The Morgan fingerprint density at radius 2 is 2.09 bits per heavy atom. The molecule has 1 aromatic carbocycles. The SMILES string of the molecule is COc1ccc(C(=O)NN2C(=O)CSC2c2cccs2)cc1. The fourth-order valence-electron chi connectivity index (χ4n) is 2.10. The van der Waals surface area contributed by atoms with Gasteiger partial charge in [0.25, 0.3) is 11.8 Å². The summed E-state index contributed by atoms with van der Waals surface area (Å²) in [5, 5.41) is 3.22. The standard InChI is InChI=1S/C15H14N2O3S2/c1-20-11-6-4-10(5-7-11)14(19)16-17-13(18)9-22-15(17)12-3-2-8-21-12/h2-8,15H,9H2,1H3,(H,16,19). The number of thioether (sulfide) groups is 1. The van der Waals surface area contributed by atoms with E-state index in [2.05, 4.69) is 5.43 Å². The Balaban J connectivity index is 1.75. The summed E-state index contributed by atoms with van der Waals surface area (Å²) >= 11 is 3.08. The number of hydrazine groups is 1. The summed E-state index contributed by atoms with van der Waals surface area (Å²) < 4.78 is 5.07. The van der Waals surface area contributed by atoms with Crippen molar-refractivity contribution in [2.24, 2.45) is 0 Å². The van der Waals surface area contributed by atoms with Crippen LogP contribution in [0, 0.1) is 0 Å². The van der Waals surface area contributed by atoms with Crippen molar-refractivity contribution in [3.8, 4) is 5.75 Å². The molecule has 7 heteroatoms. The first-order valence-electron chi connectivity index (χ1n) is 6.61. The molecule has 0 spiro atoms. The van der Waals surface area contributed by atoms with Gasteiger partial charge in [0.15, 0.2) is 0 Å². The molecule has 0 bridgehead atoms. The number of amides is 2. The van der Waals surface area contributed by atoms with E-state index in [1.807, 2.05) is 17.5 Å². The highest BCUT2D eigenvalue weighted by Gasteiger charge is 2.35. The van der Waals surface area contributed by atoms with Gasteiger partial charge < -0.3 is 4.74 Å². The first-order chi connectivity index (χ1) is 10.7. The number of ether oxygens (including phenoxy) is 1. The third-order valence-electron chi connectivity index (χ3n) is 3.23. The van der Waals surface area contributed by atoms with Gasteiger partial charge in [-0.25, -0.2) is 5.01 Å². The van der Waals surface area contributed by atoms with Gasteiger partial charge in [-0.2, -0.15) is 0 Å². The largest absolute Gasteiger partial charge is 0.497 e. The molecule has 0 saturated carbocycles. The average Bonchev–Trinajstić information content (AvgIpc) is 3.18. The van der Waals surface area contributed by atoms with Crippen LogP contribution in [0.1, 0.15) is 20.6 Å². The van der Waals surface area contributed by atoms with Crippen molar-refractivity contribution in [2.75, 3.05) is 12.9 Å². The predicted molar refractivity (Wildman–Crippen MR) is 86.8 cm³/mol. The molecule has 5 nitrogen and oxygen atoms in total. The van der Waals surface area contributed by atoms with Crippen molar-refractivity contribution < 1.29 is 14.3 Å².